The van der Waals surface area contributed by atoms with Crippen molar-refractivity contribution in [3.05, 3.63) is 29.8 Å². The molecule has 1 atom stereocenters. The highest BCUT2D eigenvalue weighted by Crippen LogP contribution is 2.27. The maximum atomic E-state index is 12.5. The number of aliphatic hydroxyl groups is 1. The van der Waals surface area contributed by atoms with Crippen molar-refractivity contribution < 1.29 is 14.7 Å². The fraction of sp³-hybridized carbons (Fsp3) is 0.579. The molecule has 1 aromatic rings. The van der Waals surface area contributed by atoms with E-state index in [1.165, 1.54) is 0 Å². The molecule has 1 heterocycles. The summed E-state index contributed by atoms with van der Waals surface area (Å²) in [6.07, 6.45) is 4.03. The summed E-state index contributed by atoms with van der Waals surface area (Å²) >= 11 is 0. The van der Waals surface area contributed by atoms with E-state index in [1.807, 2.05) is 31.2 Å². The molecule has 5 nitrogen and oxygen atoms in total. The Labute approximate surface area is 143 Å². The molecule has 1 aliphatic carbocycles. The van der Waals surface area contributed by atoms with Crippen LogP contribution >= 0.6 is 0 Å². The van der Waals surface area contributed by atoms with Crippen molar-refractivity contribution in [2.24, 2.45) is 11.8 Å². The lowest BCUT2D eigenvalue weighted by Crippen LogP contribution is -2.42. The summed E-state index contributed by atoms with van der Waals surface area (Å²) in [7, 11) is 0. The van der Waals surface area contributed by atoms with Gasteiger partial charge in [0.25, 0.3) is 0 Å². The fourth-order valence-corrected chi connectivity index (χ4v) is 3.67. The number of carbonyl (C=O) groups is 2. The summed E-state index contributed by atoms with van der Waals surface area (Å²) in [5.74, 6) is 0.117. The zero-order valence-corrected chi connectivity index (χ0v) is 14.2. The largest absolute Gasteiger partial charge is 0.396 e. The Bertz CT molecular complexity index is 591. The van der Waals surface area contributed by atoms with Gasteiger partial charge in [-0.3, -0.25) is 9.59 Å². The Kier molecular flexibility index (Phi) is 5.19. The summed E-state index contributed by atoms with van der Waals surface area (Å²) in [6.45, 7) is 2.71. The monoisotopic (exact) mass is 330 g/mol. The van der Waals surface area contributed by atoms with Gasteiger partial charge in [-0.1, -0.05) is 17.7 Å². The summed E-state index contributed by atoms with van der Waals surface area (Å²) in [6, 6.07) is 8.02. The molecule has 130 valence electrons. The van der Waals surface area contributed by atoms with Crippen molar-refractivity contribution in [3.8, 4) is 0 Å². The molecule has 1 saturated carbocycles. The molecule has 2 fully saturated rings. The Morgan fingerprint density at radius 3 is 2.50 bits per heavy atom. The third-order valence-corrected chi connectivity index (χ3v) is 5.29. The number of aryl methyl sites for hydroxylation is 1. The minimum Gasteiger partial charge on any atom is -0.396 e. The van der Waals surface area contributed by atoms with Crippen LogP contribution in [0.5, 0.6) is 0 Å². The van der Waals surface area contributed by atoms with Gasteiger partial charge in [0.2, 0.25) is 11.8 Å². The van der Waals surface area contributed by atoms with E-state index in [0.29, 0.717) is 12.5 Å². The molecule has 1 unspecified atom stereocenters. The fourth-order valence-electron chi connectivity index (χ4n) is 3.67. The number of carbonyl (C=O) groups excluding carboxylic acids is 2. The minimum absolute atomic E-state index is 0.00888. The van der Waals surface area contributed by atoms with E-state index in [9.17, 15) is 14.7 Å². The van der Waals surface area contributed by atoms with Crippen LogP contribution in [-0.2, 0) is 9.59 Å². The topological polar surface area (TPSA) is 69.6 Å². The van der Waals surface area contributed by atoms with Crippen molar-refractivity contribution in [1.82, 2.24) is 5.32 Å². The van der Waals surface area contributed by atoms with E-state index >= 15 is 0 Å². The molecule has 0 radical (unpaired) electrons. The summed E-state index contributed by atoms with van der Waals surface area (Å²) in [5.41, 5.74) is 2.02. The van der Waals surface area contributed by atoms with Crippen molar-refractivity contribution in [3.63, 3.8) is 0 Å². The van der Waals surface area contributed by atoms with E-state index in [-0.39, 0.29) is 36.8 Å². The molecule has 3 rings (SSSR count). The van der Waals surface area contributed by atoms with Crippen molar-refractivity contribution in [1.29, 1.82) is 0 Å². The van der Waals surface area contributed by atoms with Crippen LogP contribution in [0.25, 0.3) is 0 Å². The smallest absolute Gasteiger partial charge is 0.227 e. The maximum absolute atomic E-state index is 12.5. The molecule has 2 aliphatic rings. The van der Waals surface area contributed by atoms with Gasteiger partial charge in [0, 0.05) is 31.3 Å². The number of benzene rings is 1. The number of rotatable bonds is 4. The summed E-state index contributed by atoms with van der Waals surface area (Å²) in [5, 5.41) is 12.3. The second kappa shape index (κ2) is 7.34. The van der Waals surface area contributed by atoms with Crippen LogP contribution in [0.4, 0.5) is 5.69 Å². The van der Waals surface area contributed by atoms with E-state index < -0.39 is 0 Å². The van der Waals surface area contributed by atoms with E-state index in [4.69, 9.17) is 0 Å². The molecule has 0 spiro atoms. The highest BCUT2D eigenvalue weighted by Gasteiger charge is 2.36. The number of nitrogens with one attached hydrogen (secondary N) is 1. The molecule has 0 bridgehead atoms. The second-order valence-corrected chi connectivity index (χ2v) is 7.15. The normalized spacial score (nSPS) is 27.3. The SMILES string of the molecule is Cc1ccc(N2CC(C(=O)NC3CCC(CO)CC3)CC2=O)cc1. The van der Waals surface area contributed by atoms with Crippen LogP contribution in [-0.4, -0.2) is 36.1 Å². The molecule has 1 aromatic carbocycles. The van der Waals surface area contributed by atoms with Gasteiger partial charge in [-0.05, 0) is 50.7 Å². The van der Waals surface area contributed by atoms with Crippen LogP contribution in [0.15, 0.2) is 24.3 Å². The van der Waals surface area contributed by atoms with Crippen molar-refractivity contribution >= 4 is 17.5 Å². The lowest BCUT2D eigenvalue weighted by Gasteiger charge is -2.28. The average molecular weight is 330 g/mol. The predicted molar refractivity (Wildman–Crippen MR) is 92.6 cm³/mol. The lowest BCUT2D eigenvalue weighted by molar-refractivity contribution is -0.127. The van der Waals surface area contributed by atoms with E-state index in [1.54, 1.807) is 4.90 Å². The third kappa shape index (κ3) is 3.78. The lowest BCUT2D eigenvalue weighted by atomic mass is 9.86. The Hall–Kier alpha value is -1.88. The molecular weight excluding hydrogens is 304 g/mol. The molecule has 24 heavy (non-hydrogen) atoms. The summed E-state index contributed by atoms with van der Waals surface area (Å²) in [4.78, 5) is 26.5. The predicted octanol–water partition coefficient (Wildman–Crippen LogP) is 2.02. The van der Waals surface area contributed by atoms with E-state index in [0.717, 1.165) is 36.9 Å². The summed E-state index contributed by atoms with van der Waals surface area (Å²) < 4.78 is 0. The zero-order valence-electron chi connectivity index (χ0n) is 14.2. The number of anilines is 1. The first-order valence-corrected chi connectivity index (χ1v) is 8.85. The van der Waals surface area contributed by atoms with Crippen LogP contribution in [0.3, 0.4) is 0 Å². The van der Waals surface area contributed by atoms with Crippen LogP contribution < -0.4 is 10.2 Å². The molecule has 2 N–H and O–H groups in total. The van der Waals surface area contributed by atoms with Gasteiger partial charge in [-0.25, -0.2) is 0 Å². The minimum atomic E-state index is -0.269. The number of hydrogen-bond acceptors (Lipinski definition) is 3. The highest BCUT2D eigenvalue weighted by molar-refractivity contribution is 6.00. The zero-order chi connectivity index (χ0) is 17.1. The van der Waals surface area contributed by atoms with Gasteiger partial charge in [0.05, 0.1) is 5.92 Å². The molecule has 1 saturated heterocycles. The van der Waals surface area contributed by atoms with Crippen LogP contribution in [0, 0.1) is 18.8 Å². The van der Waals surface area contributed by atoms with Gasteiger partial charge in [-0.15, -0.1) is 0 Å². The molecule has 0 aromatic heterocycles. The third-order valence-electron chi connectivity index (χ3n) is 5.29. The number of aliphatic hydroxyl groups excluding tert-OH is 1. The van der Waals surface area contributed by atoms with Crippen molar-refractivity contribution in [2.75, 3.05) is 18.1 Å². The van der Waals surface area contributed by atoms with Gasteiger partial charge < -0.3 is 15.3 Å². The number of hydrogen-bond donors (Lipinski definition) is 2. The standard InChI is InChI=1S/C19H26N2O3/c1-13-2-8-17(9-3-13)21-11-15(10-18(21)23)19(24)20-16-6-4-14(12-22)5-7-16/h2-3,8-9,14-16,22H,4-7,10-12H2,1H3,(H,20,24). The first-order valence-electron chi connectivity index (χ1n) is 8.85. The second-order valence-electron chi connectivity index (χ2n) is 7.15. The first-order chi connectivity index (χ1) is 11.6. The Morgan fingerprint density at radius 2 is 1.88 bits per heavy atom. The Morgan fingerprint density at radius 1 is 1.21 bits per heavy atom. The highest BCUT2D eigenvalue weighted by atomic mass is 16.3. The Balaban J connectivity index is 1.55. The molecular formula is C19H26N2O3. The first kappa shape index (κ1) is 17.0. The van der Waals surface area contributed by atoms with Gasteiger partial charge in [0.1, 0.15) is 0 Å². The van der Waals surface area contributed by atoms with Gasteiger partial charge in [0.15, 0.2) is 0 Å². The molecule has 2 amide bonds. The average Bonchev–Trinajstić information content (AvgIpc) is 2.98. The molecule has 5 heteroatoms. The quantitative estimate of drug-likeness (QED) is 0.887. The molecule has 1 aliphatic heterocycles. The van der Waals surface area contributed by atoms with E-state index in [2.05, 4.69) is 5.32 Å². The van der Waals surface area contributed by atoms with Gasteiger partial charge >= 0.3 is 0 Å². The maximum Gasteiger partial charge on any atom is 0.227 e. The number of nitrogens with zero attached hydrogens (tertiary/aromatic N) is 1. The van der Waals surface area contributed by atoms with Crippen LogP contribution in [0.1, 0.15) is 37.7 Å². The van der Waals surface area contributed by atoms with Crippen molar-refractivity contribution in [2.45, 2.75) is 45.1 Å². The van der Waals surface area contributed by atoms with Gasteiger partial charge in [-0.2, -0.15) is 0 Å². The number of amides is 2. The van der Waals surface area contributed by atoms with Crippen LogP contribution in [0.2, 0.25) is 0 Å².